The average molecular weight is 419 g/mol. The molecule has 2 aromatic heterocycles. The molecule has 0 fully saturated rings. The molecule has 0 saturated carbocycles. The Kier molecular flexibility index (Phi) is 5.22. The number of rotatable bonds is 5. The lowest BCUT2D eigenvalue weighted by molar-refractivity contribution is 0.0949. The van der Waals surface area contributed by atoms with Crippen LogP contribution in [0.2, 0.25) is 0 Å². The van der Waals surface area contributed by atoms with E-state index >= 15 is 0 Å². The number of hydrogen-bond donors (Lipinski definition) is 1. The van der Waals surface area contributed by atoms with Crippen molar-refractivity contribution in [1.29, 1.82) is 0 Å². The second kappa shape index (κ2) is 7.86. The summed E-state index contributed by atoms with van der Waals surface area (Å²) in [5.41, 5.74) is 2.15. The Bertz CT molecular complexity index is 1430. The fourth-order valence-electron chi connectivity index (χ4n) is 3.62. The van der Waals surface area contributed by atoms with E-state index in [9.17, 15) is 14.4 Å². The Balaban J connectivity index is 1.89. The number of carbonyl (C=O) groups excluding carboxylic acids is 1. The van der Waals surface area contributed by atoms with Crippen LogP contribution in [0.15, 0.2) is 52.1 Å². The Hall–Kier alpha value is -3.68. The fourth-order valence-corrected chi connectivity index (χ4v) is 3.62. The van der Waals surface area contributed by atoms with Gasteiger partial charge in [-0.3, -0.25) is 14.2 Å². The van der Waals surface area contributed by atoms with Crippen LogP contribution in [-0.2, 0) is 13.6 Å². The summed E-state index contributed by atoms with van der Waals surface area (Å²) in [5.74, 6) is 0.297. The van der Waals surface area contributed by atoms with Gasteiger partial charge in [-0.15, -0.1) is 5.10 Å². The topological polar surface area (TPSA) is 90.4 Å². The van der Waals surface area contributed by atoms with Crippen molar-refractivity contribution in [2.24, 2.45) is 13.0 Å². The Morgan fingerprint density at radius 2 is 1.90 bits per heavy atom. The number of fused-ring (bicyclic) bond motifs is 3. The van der Waals surface area contributed by atoms with Gasteiger partial charge in [-0.05, 0) is 36.6 Å². The first-order valence-electron chi connectivity index (χ1n) is 10.2. The summed E-state index contributed by atoms with van der Waals surface area (Å²) < 4.78 is 4.09. The zero-order valence-electron chi connectivity index (χ0n) is 18.0. The van der Waals surface area contributed by atoms with Crippen LogP contribution in [0.5, 0.6) is 0 Å². The Labute approximate surface area is 178 Å². The van der Waals surface area contributed by atoms with Crippen molar-refractivity contribution >= 4 is 22.6 Å². The van der Waals surface area contributed by atoms with E-state index in [1.165, 1.54) is 13.6 Å². The molecule has 0 aliphatic carbocycles. The second-order valence-corrected chi connectivity index (χ2v) is 8.26. The maximum atomic E-state index is 13.2. The molecule has 0 aliphatic heterocycles. The zero-order chi connectivity index (χ0) is 22.3. The standard InChI is InChI=1S/C23H25N5O3/c1-14(2)12-24-20(29)17-8-9-18-19(11-17)28-22(26(4)21(18)30)25-27(23(28)31)13-16-7-5-6-15(3)10-16/h5-11,14H,12-13H2,1-4H3,(H,24,29). The third-order valence-electron chi connectivity index (χ3n) is 5.24. The van der Waals surface area contributed by atoms with Crippen LogP contribution in [0, 0.1) is 12.8 Å². The van der Waals surface area contributed by atoms with Gasteiger partial charge in [0.2, 0.25) is 5.78 Å². The molecular weight excluding hydrogens is 394 g/mol. The molecule has 4 rings (SSSR count). The van der Waals surface area contributed by atoms with Gasteiger partial charge >= 0.3 is 5.69 Å². The normalized spacial score (nSPS) is 11.5. The van der Waals surface area contributed by atoms with Gasteiger partial charge in [-0.1, -0.05) is 43.7 Å². The highest BCUT2D eigenvalue weighted by molar-refractivity contribution is 5.98. The molecule has 1 amide bonds. The summed E-state index contributed by atoms with van der Waals surface area (Å²) in [7, 11) is 1.59. The van der Waals surface area contributed by atoms with Crippen molar-refractivity contribution in [3.63, 3.8) is 0 Å². The van der Waals surface area contributed by atoms with E-state index in [4.69, 9.17) is 0 Å². The molecule has 4 aromatic rings. The summed E-state index contributed by atoms with van der Waals surface area (Å²) in [6, 6.07) is 12.6. The molecule has 0 unspecified atom stereocenters. The summed E-state index contributed by atoms with van der Waals surface area (Å²) in [6.07, 6.45) is 0. The van der Waals surface area contributed by atoms with Gasteiger partial charge in [-0.25, -0.2) is 13.9 Å². The first-order chi connectivity index (χ1) is 14.8. The minimum Gasteiger partial charge on any atom is -0.352 e. The average Bonchev–Trinajstić information content (AvgIpc) is 3.06. The van der Waals surface area contributed by atoms with Crippen LogP contribution in [0.4, 0.5) is 0 Å². The Morgan fingerprint density at radius 1 is 1.13 bits per heavy atom. The number of nitrogens with zero attached hydrogens (tertiary/aromatic N) is 4. The van der Waals surface area contributed by atoms with Crippen LogP contribution in [0.3, 0.4) is 0 Å². The highest BCUT2D eigenvalue weighted by atomic mass is 16.2. The Morgan fingerprint density at radius 3 is 2.61 bits per heavy atom. The van der Waals surface area contributed by atoms with E-state index in [-0.39, 0.29) is 29.5 Å². The van der Waals surface area contributed by atoms with Crippen LogP contribution in [0.1, 0.15) is 35.3 Å². The van der Waals surface area contributed by atoms with Gasteiger partial charge in [-0.2, -0.15) is 0 Å². The molecule has 8 nitrogen and oxygen atoms in total. The molecule has 0 aliphatic rings. The van der Waals surface area contributed by atoms with Crippen LogP contribution < -0.4 is 16.6 Å². The van der Waals surface area contributed by atoms with E-state index in [0.717, 1.165) is 11.1 Å². The third kappa shape index (κ3) is 3.76. The number of amides is 1. The largest absolute Gasteiger partial charge is 0.352 e. The fraction of sp³-hybridized carbons (Fsp3) is 0.304. The minimum atomic E-state index is -0.364. The zero-order valence-corrected chi connectivity index (χ0v) is 18.0. The summed E-state index contributed by atoms with van der Waals surface area (Å²) in [5, 5.41) is 7.63. The summed E-state index contributed by atoms with van der Waals surface area (Å²) in [4.78, 5) is 38.6. The lowest BCUT2D eigenvalue weighted by atomic mass is 10.1. The minimum absolute atomic E-state index is 0.231. The summed E-state index contributed by atoms with van der Waals surface area (Å²) in [6.45, 7) is 6.83. The molecule has 31 heavy (non-hydrogen) atoms. The molecule has 1 N–H and O–H groups in total. The van der Waals surface area contributed by atoms with Gasteiger partial charge in [0.25, 0.3) is 11.5 Å². The maximum Gasteiger partial charge on any atom is 0.352 e. The monoisotopic (exact) mass is 419 g/mol. The van der Waals surface area contributed by atoms with Gasteiger partial charge in [0, 0.05) is 19.2 Å². The molecule has 0 radical (unpaired) electrons. The number of nitrogens with one attached hydrogen (secondary N) is 1. The van der Waals surface area contributed by atoms with E-state index < -0.39 is 0 Å². The first kappa shape index (κ1) is 20.6. The lowest BCUT2D eigenvalue weighted by Gasteiger charge is -2.09. The van der Waals surface area contributed by atoms with E-state index in [0.29, 0.717) is 28.9 Å². The molecule has 160 valence electrons. The van der Waals surface area contributed by atoms with Gasteiger partial charge in [0.15, 0.2) is 0 Å². The van der Waals surface area contributed by atoms with E-state index in [2.05, 4.69) is 10.4 Å². The number of hydrogen-bond acceptors (Lipinski definition) is 4. The molecule has 0 atom stereocenters. The molecule has 2 aromatic carbocycles. The van der Waals surface area contributed by atoms with E-state index in [1.54, 1.807) is 25.2 Å². The van der Waals surface area contributed by atoms with Crippen LogP contribution in [-0.4, -0.2) is 31.2 Å². The van der Waals surface area contributed by atoms with Crippen molar-refractivity contribution in [3.8, 4) is 0 Å². The number of benzene rings is 2. The lowest BCUT2D eigenvalue weighted by Crippen LogP contribution is -2.28. The quantitative estimate of drug-likeness (QED) is 0.536. The summed E-state index contributed by atoms with van der Waals surface area (Å²) >= 11 is 0. The van der Waals surface area contributed by atoms with Crippen LogP contribution in [0.25, 0.3) is 16.7 Å². The van der Waals surface area contributed by atoms with Crippen LogP contribution >= 0.6 is 0 Å². The smallest absolute Gasteiger partial charge is 0.352 e. The molecule has 0 spiro atoms. The highest BCUT2D eigenvalue weighted by Gasteiger charge is 2.17. The third-order valence-corrected chi connectivity index (χ3v) is 5.24. The number of aromatic nitrogens is 4. The maximum absolute atomic E-state index is 13.2. The van der Waals surface area contributed by atoms with Crippen molar-refractivity contribution in [2.75, 3.05) is 6.54 Å². The predicted molar refractivity (Wildman–Crippen MR) is 120 cm³/mol. The highest BCUT2D eigenvalue weighted by Crippen LogP contribution is 2.14. The molecule has 8 heteroatoms. The molecule has 0 saturated heterocycles. The van der Waals surface area contributed by atoms with Gasteiger partial charge in [0.1, 0.15) is 0 Å². The molecule has 0 bridgehead atoms. The number of carbonyl (C=O) groups is 1. The van der Waals surface area contributed by atoms with Crippen molar-refractivity contribution < 1.29 is 4.79 Å². The second-order valence-electron chi connectivity index (χ2n) is 8.26. The van der Waals surface area contributed by atoms with Crippen molar-refractivity contribution in [3.05, 3.63) is 80.0 Å². The predicted octanol–water partition coefficient (Wildman–Crippen LogP) is 2.09. The molecular formula is C23H25N5O3. The van der Waals surface area contributed by atoms with Gasteiger partial charge < -0.3 is 5.32 Å². The van der Waals surface area contributed by atoms with Gasteiger partial charge in [0.05, 0.1) is 17.4 Å². The van der Waals surface area contributed by atoms with E-state index in [1.807, 2.05) is 45.0 Å². The van der Waals surface area contributed by atoms with Crippen molar-refractivity contribution in [1.82, 2.24) is 24.1 Å². The molecule has 2 heterocycles. The number of aryl methyl sites for hydroxylation is 2. The first-order valence-corrected chi connectivity index (χ1v) is 10.2. The van der Waals surface area contributed by atoms with Crippen molar-refractivity contribution in [2.45, 2.75) is 27.3 Å². The SMILES string of the molecule is Cc1cccc(Cn2nc3n(C)c(=O)c4ccc(C(=O)NCC(C)C)cc4n3c2=O)c1.